The monoisotopic (exact) mass is 162 g/mol. The Balaban J connectivity index is 2.62. The number of para-hydroxylation sites is 1. The maximum absolute atomic E-state index is 9.82. The molecule has 12 heavy (non-hydrogen) atoms. The fourth-order valence-corrected chi connectivity index (χ4v) is 1.16. The fraction of sp³-hybridized carbons (Fsp3) is 0. The van der Waals surface area contributed by atoms with Crippen LogP contribution in [-0.4, -0.2) is 4.73 Å². The first-order valence-electron chi connectivity index (χ1n) is 3.48. The van der Waals surface area contributed by atoms with Gasteiger partial charge in [0.25, 0.3) is 0 Å². The van der Waals surface area contributed by atoms with E-state index in [0.717, 1.165) is 10.9 Å². The van der Waals surface area contributed by atoms with Gasteiger partial charge in [-0.1, -0.05) is 18.2 Å². The summed E-state index contributed by atoms with van der Waals surface area (Å²) in [5.41, 5.74) is 0.831. The van der Waals surface area contributed by atoms with E-state index in [2.05, 4.69) is 10.3 Å². The zero-order valence-corrected chi connectivity index (χ0v) is 6.18. The standard InChI is InChI=1S/C8H6N2O2/c11-9-12-10-6-5-7-3-1-2-4-8(7)10/h1-6H. The van der Waals surface area contributed by atoms with Gasteiger partial charge in [0.2, 0.25) is 0 Å². The van der Waals surface area contributed by atoms with Gasteiger partial charge >= 0.3 is 0 Å². The van der Waals surface area contributed by atoms with Crippen molar-refractivity contribution in [2.75, 3.05) is 0 Å². The molecule has 0 unspecified atom stereocenters. The van der Waals surface area contributed by atoms with Crippen LogP contribution in [0.3, 0.4) is 0 Å². The molecule has 0 atom stereocenters. The van der Waals surface area contributed by atoms with Gasteiger partial charge in [-0.05, 0) is 12.1 Å². The maximum Gasteiger partial charge on any atom is 0.182 e. The first kappa shape index (κ1) is 6.84. The fourth-order valence-electron chi connectivity index (χ4n) is 1.16. The predicted molar refractivity (Wildman–Crippen MR) is 44.3 cm³/mol. The van der Waals surface area contributed by atoms with Crippen molar-refractivity contribution >= 4 is 10.9 Å². The van der Waals surface area contributed by atoms with Crippen LogP contribution in [0, 0.1) is 4.91 Å². The van der Waals surface area contributed by atoms with Gasteiger partial charge in [0.15, 0.2) is 5.34 Å². The predicted octanol–water partition coefficient (Wildman–Crippen LogP) is 1.75. The van der Waals surface area contributed by atoms with Crippen molar-refractivity contribution in [1.82, 2.24) is 4.73 Å². The number of hydrogen-bond acceptors (Lipinski definition) is 3. The van der Waals surface area contributed by atoms with Gasteiger partial charge in [0.05, 0.1) is 5.52 Å². The smallest absolute Gasteiger partial charge is 0.182 e. The zero-order valence-electron chi connectivity index (χ0n) is 6.18. The van der Waals surface area contributed by atoms with Gasteiger partial charge in [0, 0.05) is 11.6 Å². The van der Waals surface area contributed by atoms with Gasteiger partial charge in [-0.15, -0.1) is 4.91 Å². The minimum atomic E-state index is 0.831. The lowest BCUT2D eigenvalue weighted by molar-refractivity contribution is 0.125. The van der Waals surface area contributed by atoms with E-state index >= 15 is 0 Å². The third-order valence-corrected chi connectivity index (χ3v) is 1.68. The molecule has 4 heteroatoms. The number of fused-ring (bicyclic) bond motifs is 1. The Kier molecular flexibility index (Phi) is 1.51. The molecule has 2 rings (SSSR count). The van der Waals surface area contributed by atoms with E-state index in [4.69, 9.17) is 0 Å². The van der Waals surface area contributed by atoms with E-state index < -0.39 is 0 Å². The second kappa shape index (κ2) is 2.65. The van der Waals surface area contributed by atoms with E-state index in [0.29, 0.717) is 0 Å². The van der Waals surface area contributed by atoms with Crippen LogP contribution in [0.4, 0.5) is 0 Å². The van der Waals surface area contributed by atoms with Crippen LogP contribution >= 0.6 is 0 Å². The van der Waals surface area contributed by atoms with E-state index in [1.807, 2.05) is 30.3 Å². The highest BCUT2D eigenvalue weighted by molar-refractivity contribution is 5.79. The largest absolute Gasteiger partial charge is 0.225 e. The molecular formula is C8H6N2O2. The number of nitrogens with zero attached hydrogens (tertiary/aromatic N) is 2. The second-order valence-corrected chi connectivity index (χ2v) is 2.36. The third-order valence-electron chi connectivity index (χ3n) is 1.68. The molecule has 1 aromatic carbocycles. The molecule has 0 aliphatic heterocycles. The molecular weight excluding hydrogens is 156 g/mol. The minimum Gasteiger partial charge on any atom is -0.225 e. The molecule has 0 fully saturated rings. The topological polar surface area (TPSA) is 43.6 Å². The van der Waals surface area contributed by atoms with Crippen LogP contribution in [-0.2, 0) is 0 Å². The summed E-state index contributed by atoms with van der Waals surface area (Å²) < 4.78 is 1.32. The molecule has 0 bridgehead atoms. The van der Waals surface area contributed by atoms with E-state index in [1.165, 1.54) is 4.73 Å². The Hall–Kier alpha value is -1.84. The summed E-state index contributed by atoms with van der Waals surface area (Å²) in [7, 11) is 0. The quantitative estimate of drug-likeness (QED) is 0.498. The molecule has 60 valence electrons. The summed E-state index contributed by atoms with van der Waals surface area (Å²) in [5.74, 6) is 0. The molecule has 0 aliphatic carbocycles. The lowest BCUT2D eigenvalue weighted by Gasteiger charge is -1.95. The molecule has 0 spiro atoms. The summed E-state index contributed by atoms with van der Waals surface area (Å²) in [6.45, 7) is 0. The molecule has 4 nitrogen and oxygen atoms in total. The van der Waals surface area contributed by atoms with Gasteiger partial charge in [0.1, 0.15) is 0 Å². The van der Waals surface area contributed by atoms with E-state index in [9.17, 15) is 4.91 Å². The van der Waals surface area contributed by atoms with E-state index in [-0.39, 0.29) is 0 Å². The Morgan fingerprint density at radius 1 is 1.25 bits per heavy atom. The molecule has 0 saturated carbocycles. The van der Waals surface area contributed by atoms with E-state index in [1.54, 1.807) is 6.20 Å². The van der Waals surface area contributed by atoms with Crippen molar-refractivity contribution in [3.8, 4) is 0 Å². The minimum absolute atomic E-state index is 0.831. The van der Waals surface area contributed by atoms with Crippen molar-refractivity contribution in [2.45, 2.75) is 0 Å². The van der Waals surface area contributed by atoms with Crippen LogP contribution in [0.15, 0.2) is 41.9 Å². The van der Waals surface area contributed by atoms with Crippen LogP contribution in [0.5, 0.6) is 0 Å². The highest BCUT2D eigenvalue weighted by Gasteiger charge is 1.98. The summed E-state index contributed by atoms with van der Waals surface area (Å²) in [6, 6.07) is 9.41. The first-order chi connectivity index (χ1) is 5.92. The lowest BCUT2D eigenvalue weighted by Crippen LogP contribution is -2.00. The van der Waals surface area contributed by atoms with Crippen LogP contribution in [0.2, 0.25) is 0 Å². The Bertz CT molecular complexity index is 408. The van der Waals surface area contributed by atoms with Crippen molar-refractivity contribution in [3.63, 3.8) is 0 Å². The molecule has 0 aliphatic rings. The number of rotatable bonds is 2. The zero-order chi connectivity index (χ0) is 8.39. The second-order valence-electron chi connectivity index (χ2n) is 2.36. The number of hydrogen-bond donors (Lipinski definition) is 0. The maximum atomic E-state index is 9.82. The Morgan fingerprint density at radius 2 is 2.08 bits per heavy atom. The molecule has 0 N–H and O–H groups in total. The number of benzene rings is 1. The Labute approximate surface area is 68.2 Å². The summed E-state index contributed by atoms with van der Waals surface area (Å²) in [5, 5.41) is 3.36. The molecule has 1 aromatic heterocycles. The normalized spacial score (nSPS) is 10.0. The van der Waals surface area contributed by atoms with Gasteiger partial charge in [-0.2, -0.15) is 4.73 Å². The third kappa shape index (κ3) is 0.934. The average molecular weight is 162 g/mol. The number of aromatic nitrogens is 1. The van der Waals surface area contributed by atoms with Crippen molar-refractivity contribution in [3.05, 3.63) is 41.4 Å². The van der Waals surface area contributed by atoms with Crippen LogP contribution < -0.4 is 4.94 Å². The SMILES string of the molecule is O=NOn1ccc2ccccc21. The van der Waals surface area contributed by atoms with Crippen molar-refractivity contribution in [2.24, 2.45) is 5.34 Å². The van der Waals surface area contributed by atoms with Gasteiger partial charge in [-0.25, -0.2) is 4.94 Å². The van der Waals surface area contributed by atoms with Gasteiger partial charge in [-0.3, -0.25) is 0 Å². The first-order valence-corrected chi connectivity index (χ1v) is 3.48. The summed E-state index contributed by atoms with van der Waals surface area (Å²) in [6.07, 6.45) is 1.64. The molecule has 1 heterocycles. The Morgan fingerprint density at radius 3 is 2.92 bits per heavy atom. The molecule has 0 saturated heterocycles. The van der Waals surface area contributed by atoms with Crippen LogP contribution in [0.1, 0.15) is 0 Å². The highest BCUT2D eigenvalue weighted by atomic mass is 16.8. The van der Waals surface area contributed by atoms with Gasteiger partial charge < -0.3 is 0 Å². The van der Waals surface area contributed by atoms with Crippen LogP contribution in [0.25, 0.3) is 10.9 Å². The summed E-state index contributed by atoms with van der Waals surface area (Å²) >= 11 is 0. The summed E-state index contributed by atoms with van der Waals surface area (Å²) in [4.78, 5) is 14.3. The van der Waals surface area contributed by atoms with Crippen molar-refractivity contribution in [1.29, 1.82) is 0 Å². The lowest BCUT2D eigenvalue weighted by atomic mass is 10.3. The highest BCUT2D eigenvalue weighted by Crippen LogP contribution is 2.13. The molecule has 2 aromatic rings. The molecule has 0 amide bonds. The molecule has 0 radical (unpaired) electrons. The van der Waals surface area contributed by atoms with Crippen molar-refractivity contribution < 1.29 is 4.94 Å². The average Bonchev–Trinajstić information content (AvgIpc) is 2.50.